The van der Waals surface area contributed by atoms with Gasteiger partial charge in [0.25, 0.3) is 0 Å². The van der Waals surface area contributed by atoms with Crippen molar-refractivity contribution in [1.82, 2.24) is 9.78 Å². The van der Waals surface area contributed by atoms with Gasteiger partial charge in [-0.25, -0.2) is 0 Å². The Morgan fingerprint density at radius 1 is 1.38 bits per heavy atom. The Hall–Kier alpha value is -0.990. The third-order valence-corrected chi connectivity index (χ3v) is 3.47. The zero-order valence-corrected chi connectivity index (χ0v) is 10.4. The lowest BCUT2D eigenvalue weighted by molar-refractivity contribution is 0.361. The maximum Gasteiger partial charge on any atom is 0.0728 e. The maximum atomic E-state index is 4.34. The highest BCUT2D eigenvalue weighted by atomic mass is 15.3. The van der Waals surface area contributed by atoms with Gasteiger partial charge in [-0.2, -0.15) is 5.10 Å². The summed E-state index contributed by atoms with van der Waals surface area (Å²) in [6, 6.07) is 0.662. The number of hydrogen-bond donors (Lipinski definition) is 1. The fraction of sp³-hybridized carbons (Fsp3) is 0.769. The van der Waals surface area contributed by atoms with Crippen LogP contribution in [0, 0.1) is 5.92 Å². The largest absolute Gasteiger partial charge is 0.380 e. The van der Waals surface area contributed by atoms with Crippen LogP contribution in [0.2, 0.25) is 0 Å². The van der Waals surface area contributed by atoms with Crippen LogP contribution in [0.4, 0.5) is 5.69 Å². The van der Waals surface area contributed by atoms with Crippen molar-refractivity contribution in [2.24, 2.45) is 5.92 Å². The number of nitrogens with one attached hydrogen (secondary N) is 1. The Balaban J connectivity index is 1.83. The Morgan fingerprint density at radius 3 is 2.81 bits per heavy atom. The smallest absolute Gasteiger partial charge is 0.0728 e. The number of anilines is 1. The van der Waals surface area contributed by atoms with E-state index in [0.717, 1.165) is 18.9 Å². The third kappa shape index (κ3) is 3.00. The molecule has 0 bridgehead atoms. The number of aromatic nitrogens is 2. The fourth-order valence-electron chi connectivity index (χ4n) is 2.43. The van der Waals surface area contributed by atoms with Gasteiger partial charge in [-0.15, -0.1) is 0 Å². The molecule has 0 atom stereocenters. The molecule has 0 radical (unpaired) electrons. The molecule has 0 aromatic carbocycles. The lowest BCUT2D eigenvalue weighted by atomic mass is 9.87. The number of aryl methyl sites for hydroxylation is 1. The lowest BCUT2D eigenvalue weighted by Gasteiger charge is -2.27. The van der Waals surface area contributed by atoms with Crippen molar-refractivity contribution in [3.05, 3.63) is 12.4 Å². The van der Waals surface area contributed by atoms with Crippen molar-refractivity contribution in [1.29, 1.82) is 0 Å². The van der Waals surface area contributed by atoms with Gasteiger partial charge in [0.15, 0.2) is 0 Å². The molecule has 0 unspecified atom stereocenters. The average molecular weight is 221 g/mol. The van der Waals surface area contributed by atoms with Crippen LogP contribution in [0.3, 0.4) is 0 Å². The highest BCUT2D eigenvalue weighted by molar-refractivity contribution is 5.39. The molecule has 0 amide bonds. The van der Waals surface area contributed by atoms with Gasteiger partial charge in [-0.1, -0.05) is 13.8 Å². The van der Waals surface area contributed by atoms with Crippen molar-refractivity contribution in [3.63, 3.8) is 0 Å². The molecule has 2 rings (SSSR count). The van der Waals surface area contributed by atoms with Crippen LogP contribution in [-0.4, -0.2) is 15.8 Å². The van der Waals surface area contributed by atoms with E-state index in [4.69, 9.17) is 0 Å². The van der Waals surface area contributed by atoms with Crippen molar-refractivity contribution in [2.45, 2.75) is 58.5 Å². The van der Waals surface area contributed by atoms with Crippen LogP contribution < -0.4 is 5.32 Å². The highest BCUT2D eigenvalue weighted by Gasteiger charge is 2.18. The topological polar surface area (TPSA) is 29.9 Å². The Kier molecular flexibility index (Phi) is 3.86. The van der Waals surface area contributed by atoms with Crippen LogP contribution in [-0.2, 0) is 6.54 Å². The van der Waals surface area contributed by atoms with E-state index in [0.29, 0.717) is 6.04 Å². The number of nitrogens with zero attached hydrogens (tertiary/aromatic N) is 2. The second-order valence-corrected chi connectivity index (χ2v) is 5.09. The molecule has 1 aromatic rings. The molecule has 3 heteroatoms. The molecular formula is C13H23N3. The predicted octanol–water partition coefficient (Wildman–Crippen LogP) is 3.28. The fourth-order valence-corrected chi connectivity index (χ4v) is 2.43. The monoisotopic (exact) mass is 221 g/mol. The van der Waals surface area contributed by atoms with E-state index in [1.54, 1.807) is 0 Å². The molecule has 1 aliphatic rings. The number of rotatable bonds is 4. The summed E-state index contributed by atoms with van der Waals surface area (Å²) in [7, 11) is 0. The summed E-state index contributed by atoms with van der Waals surface area (Å²) >= 11 is 0. The molecule has 0 spiro atoms. The Labute approximate surface area is 98.2 Å². The summed E-state index contributed by atoms with van der Waals surface area (Å²) in [6.07, 6.45) is 10.6. The molecule has 1 fully saturated rings. The Bertz CT molecular complexity index is 311. The predicted molar refractivity (Wildman–Crippen MR) is 67.6 cm³/mol. The second kappa shape index (κ2) is 5.37. The molecule has 1 saturated carbocycles. The maximum absolute atomic E-state index is 4.34. The first kappa shape index (κ1) is 11.5. The third-order valence-electron chi connectivity index (χ3n) is 3.47. The van der Waals surface area contributed by atoms with Gasteiger partial charge >= 0.3 is 0 Å². The van der Waals surface area contributed by atoms with Crippen LogP contribution in [0.1, 0.15) is 46.0 Å². The van der Waals surface area contributed by atoms with Crippen molar-refractivity contribution in [2.75, 3.05) is 5.32 Å². The van der Waals surface area contributed by atoms with E-state index in [1.165, 1.54) is 31.4 Å². The van der Waals surface area contributed by atoms with E-state index in [1.807, 2.05) is 10.9 Å². The first-order chi connectivity index (χ1) is 7.78. The molecule has 1 N–H and O–H groups in total. The summed E-state index contributed by atoms with van der Waals surface area (Å²) in [5, 5.41) is 7.94. The van der Waals surface area contributed by atoms with Crippen molar-refractivity contribution in [3.8, 4) is 0 Å². The van der Waals surface area contributed by atoms with E-state index in [2.05, 4.69) is 30.5 Å². The van der Waals surface area contributed by atoms with Gasteiger partial charge in [0, 0.05) is 18.8 Å². The molecule has 1 aliphatic carbocycles. The standard InChI is InChI=1S/C13H23N3/c1-3-8-16-10-13(9-14-16)15-12-6-4-11(2)5-7-12/h9-12,15H,3-8H2,1-2H3. The highest BCUT2D eigenvalue weighted by Crippen LogP contribution is 2.25. The van der Waals surface area contributed by atoms with Crippen molar-refractivity contribution >= 4 is 5.69 Å². The minimum absolute atomic E-state index is 0.662. The molecule has 90 valence electrons. The molecule has 3 nitrogen and oxygen atoms in total. The number of hydrogen-bond acceptors (Lipinski definition) is 2. The van der Waals surface area contributed by atoms with Gasteiger partial charge in [0.1, 0.15) is 0 Å². The first-order valence-electron chi connectivity index (χ1n) is 6.57. The zero-order chi connectivity index (χ0) is 11.4. The molecule has 0 saturated heterocycles. The van der Waals surface area contributed by atoms with Gasteiger partial charge in [0.05, 0.1) is 11.9 Å². The summed E-state index contributed by atoms with van der Waals surface area (Å²) in [5.74, 6) is 0.917. The average Bonchev–Trinajstić information content (AvgIpc) is 2.70. The van der Waals surface area contributed by atoms with Crippen molar-refractivity contribution < 1.29 is 0 Å². The zero-order valence-electron chi connectivity index (χ0n) is 10.4. The van der Waals surface area contributed by atoms with Crippen LogP contribution in [0.25, 0.3) is 0 Å². The molecule has 0 aliphatic heterocycles. The Morgan fingerprint density at radius 2 is 2.12 bits per heavy atom. The molecule has 16 heavy (non-hydrogen) atoms. The van der Waals surface area contributed by atoms with E-state index < -0.39 is 0 Å². The molecular weight excluding hydrogens is 198 g/mol. The van der Waals surface area contributed by atoms with E-state index >= 15 is 0 Å². The van der Waals surface area contributed by atoms with Crippen LogP contribution >= 0.6 is 0 Å². The minimum Gasteiger partial charge on any atom is -0.380 e. The lowest BCUT2D eigenvalue weighted by Crippen LogP contribution is -2.24. The quantitative estimate of drug-likeness (QED) is 0.845. The SMILES string of the molecule is CCCn1cc(NC2CCC(C)CC2)cn1. The molecule has 1 aromatic heterocycles. The summed E-state index contributed by atoms with van der Waals surface area (Å²) < 4.78 is 2.02. The second-order valence-electron chi connectivity index (χ2n) is 5.09. The normalized spacial score (nSPS) is 25.6. The van der Waals surface area contributed by atoms with Gasteiger partial charge in [-0.05, 0) is 38.0 Å². The van der Waals surface area contributed by atoms with Gasteiger partial charge in [0.2, 0.25) is 0 Å². The summed E-state index contributed by atoms with van der Waals surface area (Å²) in [5.41, 5.74) is 1.19. The van der Waals surface area contributed by atoms with Gasteiger partial charge in [-0.3, -0.25) is 4.68 Å². The molecule has 1 heterocycles. The summed E-state index contributed by atoms with van der Waals surface area (Å²) in [4.78, 5) is 0. The first-order valence-corrected chi connectivity index (χ1v) is 6.57. The summed E-state index contributed by atoms with van der Waals surface area (Å²) in [6.45, 7) is 5.55. The van der Waals surface area contributed by atoms with Crippen LogP contribution in [0.15, 0.2) is 12.4 Å². The van der Waals surface area contributed by atoms with E-state index in [-0.39, 0.29) is 0 Å². The van der Waals surface area contributed by atoms with E-state index in [9.17, 15) is 0 Å². The van der Waals surface area contributed by atoms with Gasteiger partial charge < -0.3 is 5.32 Å². The minimum atomic E-state index is 0.662. The van der Waals surface area contributed by atoms with Crippen LogP contribution in [0.5, 0.6) is 0 Å².